The van der Waals surface area contributed by atoms with Gasteiger partial charge in [0.05, 0.1) is 0 Å². The Morgan fingerprint density at radius 1 is 1.29 bits per heavy atom. The number of carbonyl (C=O) groups is 2. The molecule has 3 amide bonds. The highest BCUT2D eigenvalue weighted by Gasteiger charge is 2.36. The van der Waals surface area contributed by atoms with Gasteiger partial charge in [0.25, 0.3) is 5.91 Å². The van der Waals surface area contributed by atoms with E-state index in [1.165, 1.54) is 7.05 Å². The predicted molar refractivity (Wildman–Crippen MR) is 47.4 cm³/mol. The number of hydrogen-bond acceptors (Lipinski definition) is 5. The van der Waals surface area contributed by atoms with E-state index in [2.05, 4.69) is 20.2 Å². The van der Waals surface area contributed by atoms with E-state index in [0.29, 0.717) is 5.84 Å². The molecule has 7 nitrogen and oxygen atoms in total. The van der Waals surface area contributed by atoms with Crippen LogP contribution in [0.2, 0.25) is 0 Å². The van der Waals surface area contributed by atoms with Crippen LogP contribution in [0.3, 0.4) is 0 Å². The minimum absolute atomic E-state index is 0.0729. The summed E-state index contributed by atoms with van der Waals surface area (Å²) in [5.74, 6) is 0.0618. The summed E-state index contributed by atoms with van der Waals surface area (Å²) in [7, 11) is 1.36. The van der Waals surface area contributed by atoms with Gasteiger partial charge in [-0.2, -0.15) is 4.99 Å². The molecule has 0 radical (unpaired) electrons. The summed E-state index contributed by atoms with van der Waals surface area (Å²) in [6.45, 7) is 1.63. The van der Waals surface area contributed by atoms with Crippen LogP contribution in [0.5, 0.6) is 0 Å². The number of azo groups is 1. The Morgan fingerprint density at radius 3 is 2.71 bits per heavy atom. The van der Waals surface area contributed by atoms with Gasteiger partial charge in [0, 0.05) is 7.05 Å². The van der Waals surface area contributed by atoms with E-state index in [1.807, 2.05) is 0 Å². The average Bonchev–Trinajstić information content (AvgIpc) is 2.16. The quantitative estimate of drug-likeness (QED) is 0.551. The Morgan fingerprint density at radius 2 is 2.00 bits per heavy atom. The number of imide groups is 1. The second kappa shape index (κ2) is 2.79. The molecular formula is C7H7N5O2. The van der Waals surface area contributed by atoms with Gasteiger partial charge < -0.3 is 0 Å². The zero-order chi connectivity index (χ0) is 10.3. The second-order valence-electron chi connectivity index (χ2n) is 2.93. The van der Waals surface area contributed by atoms with Crippen LogP contribution in [0.4, 0.5) is 4.79 Å². The summed E-state index contributed by atoms with van der Waals surface area (Å²) in [6.07, 6.45) is 0. The first kappa shape index (κ1) is 8.67. The molecule has 0 spiro atoms. The van der Waals surface area contributed by atoms with E-state index in [4.69, 9.17) is 0 Å². The van der Waals surface area contributed by atoms with Crippen molar-refractivity contribution in [2.75, 3.05) is 7.05 Å². The van der Waals surface area contributed by atoms with Gasteiger partial charge >= 0.3 is 6.03 Å². The molecule has 2 rings (SSSR count). The van der Waals surface area contributed by atoms with Crippen molar-refractivity contribution in [2.24, 2.45) is 20.2 Å². The van der Waals surface area contributed by atoms with E-state index in [-0.39, 0.29) is 5.84 Å². The Balaban J connectivity index is 2.47. The number of fused-ring (bicyclic) bond motifs is 1. The Kier molecular flexibility index (Phi) is 1.73. The molecule has 0 aromatic rings. The first-order valence-corrected chi connectivity index (χ1v) is 3.96. The fourth-order valence-corrected chi connectivity index (χ4v) is 1.15. The van der Waals surface area contributed by atoms with Crippen molar-refractivity contribution in [1.29, 1.82) is 0 Å². The summed E-state index contributed by atoms with van der Waals surface area (Å²) in [4.78, 5) is 31.1. The molecule has 0 fully saturated rings. The third-order valence-electron chi connectivity index (χ3n) is 1.92. The second-order valence-corrected chi connectivity index (χ2v) is 2.93. The Labute approximate surface area is 79.2 Å². The van der Waals surface area contributed by atoms with Gasteiger partial charge in [-0.05, 0) is 6.92 Å². The molecule has 2 heterocycles. The van der Waals surface area contributed by atoms with Crippen LogP contribution < -0.4 is 0 Å². The first-order chi connectivity index (χ1) is 6.59. The van der Waals surface area contributed by atoms with Crippen molar-refractivity contribution < 1.29 is 9.59 Å². The van der Waals surface area contributed by atoms with Crippen LogP contribution in [-0.2, 0) is 4.79 Å². The Hall–Kier alpha value is -1.92. The number of amides is 3. The SMILES string of the molecule is CC1=NC2C(=O)N(C)C(=O)N=C2N=N1. The monoisotopic (exact) mass is 193 g/mol. The van der Waals surface area contributed by atoms with E-state index in [9.17, 15) is 9.59 Å². The van der Waals surface area contributed by atoms with Crippen LogP contribution in [0, 0.1) is 0 Å². The lowest BCUT2D eigenvalue weighted by molar-refractivity contribution is -0.127. The van der Waals surface area contributed by atoms with Crippen molar-refractivity contribution in [3.05, 3.63) is 0 Å². The lowest BCUT2D eigenvalue weighted by Gasteiger charge is -2.23. The number of hydrogen-bond donors (Lipinski definition) is 0. The first-order valence-electron chi connectivity index (χ1n) is 3.96. The van der Waals surface area contributed by atoms with Crippen molar-refractivity contribution >= 4 is 23.6 Å². The van der Waals surface area contributed by atoms with Crippen molar-refractivity contribution in [2.45, 2.75) is 13.0 Å². The van der Waals surface area contributed by atoms with E-state index >= 15 is 0 Å². The normalized spacial score (nSPS) is 25.9. The number of likely N-dealkylation sites (N-methyl/N-ethyl adjacent to an activating group) is 1. The highest BCUT2D eigenvalue weighted by atomic mass is 16.2. The molecular weight excluding hydrogens is 186 g/mol. The van der Waals surface area contributed by atoms with Crippen molar-refractivity contribution in [3.8, 4) is 0 Å². The number of rotatable bonds is 0. The molecule has 0 saturated heterocycles. The van der Waals surface area contributed by atoms with Gasteiger partial charge in [-0.25, -0.2) is 9.79 Å². The number of urea groups is 1. The fourth-order valence-electron chi connectivity index (χ4n) is 1.15. The smallest absolute Gasteiger partial charge is 0.271 e. The lowest BCUT2D eigenvalue weighted by atomic mass is 10.2. The van der Waals surface area contributed by atoms with Crippen LogP contribution in [0.25, 0.3) is 0 Å². The molecule has 0 bridgehead atoms. The summed E-state index contributed by atoms with van der Waals surface area (Å²) in [5.41, 5.74) is 0. The van der Waals surface area contributed by atoms with Gasteiger partial charge in [0.2, 0.25) is 0 Å². The zero-order valence-corrected chi connectivity index (χ0v) is 7.63. The number of aliphatic imine (C=N–C) groups is 2. The third kappa shape index (κ3) is 1.13. The molecule has 7 heteroatoms. The molecule has 1 unspecified atom stereocenters. The van der Waals surface area contributed by atoms with Gasteiger partial charge in [0.1, 0.15) is 5.84 Å². The van der Waals surface area contributed by atoms with Gasteiger partial charge in [-0.3, -0.25) is 9.69 Å². The largest absolute Gasteiger partial charge is 0.351 e. The van der Waals surface area contributed by atoms with Crippen LogP contribution >= 0.6 is 0 Å². The van der Waals surface area contributed by atoms with Crippen LogP contribution in [-0.4, -0.2) is 41.6 Å². The van der Waals surface area contributed by atoms with Gasteiger partial charge in [-0.15, -0.1) is 10.2 Å². The lowest BCUT2D eigenvalue weighted by Crippen LogP contribution is -2.47. The highest BCUT2D eigenvalue weighted by Crippen LogP contribution is 2.14. The maximum atomic E-state index is 11.5. The predicted octanol–water partition coefficient (Wildman–Crippen LogP) is 0.230. The minimum atomic E-state index is -0.796. The van der Waals surface area contributed by atoms with E-state index in [1.54, 1.807) is 6.92 Å². The summed E-state index contributed by atoms with van der Waals surface area (Å²) >= 11 is 0. The Bertz CT molecular complexity index is 408. The molecule has 0 aromatic heterocycles. The summed E-state index contributed by atoms with van der Waals surface area (Å²) in [5, 5.41) is 7.27. The number of amidine groups is 2. The maximum absolute atomic E-state index is 11.5. The minimum Gasteiger partial charge on any atom is -0.271 e. The van der Waals surface area contributed by atoms with E-state index in [0.717, 1.165) is 4.90 Å². The van der Waals surface area contributed by atoms with E-state index < -0.39 is 18.0 Å². The summed E-state index contributed by atoms with van der Waals surface area (Å²) in [6, 6.07) is -1.43. The number of carbonyl (C=O) groups excluding carboxylic acids is 2. The van der Waals surface area contributed by atoms with Gasteiger partial charge in [-0.1, -0.05) is 0 Å². The van der Waals surface area contributed by atoms with Crippen LogP contribution in [0.1, 0.15) is 6.92 Å². The molecule has 1 atom stereocenters. The summed E-state index contributed by atoms with van der Waals surface area (Å²) < 4.78 is 0. The van der Waals surface area contributed by atoms with Crippen molar-refractivity contribution in [1.82, 2.24) is 4.90 Å². The molecule has 2 aliphatic heterocycles. The van der Waals surface area contributed by atoms with Crippen LogP contribution in [0.15, 0.2) is 20.2 Å². The third-order valence-corrected chi connectivity index (χ3v) is 1.92. The average molecular weight is 193 g/mol. The molecule has 14 heavy (non-hydrogen) atoms. The standard InChI is InChI=1S/C7H7N5O2/c1-3-8-4-5(11-10-3)9-7(14)12(2)6(4)13/h4H,1-2H3. The van der Waals surface area contributed by atoms with Gasteiger partial charge in [0.15, 0.2) is 11.9 Å². The molecule has 0 saturated carbocycles. The van der Waals surface area contributed by atoms with Crippen molar-refractivity contribution in [3.63, 3.8) is 0 Å². The molecule has 0 aliphatic carbocycles. The fraction of sp³-hybridized carbons (Fsp3) is 0.429. The molecule has 0 aromatic carbocycles. The highest BCUT2D eigenvalue weighted by molar-refractivity contribution is 6.20. The number of nitrogens with zero attached hydrogens (tertiary/aromatic N) is 5. The topological polar surface area (TPSA) is 86.8 Å². The molecule has 2 aliphatic rings. The zero-order valence-electron chi connectivity index (χ0n) is 7.63. The molecule has 0 N–H and O–H groups in total. The maximum Gasteiger partial charge on any atom is 0.351 e. The molecule has 72 valence electrons.